The van der Waals surface area contributed by atoms with E-state index in [0.29, 0.717) is 16.3 Å². The lowest BCUT2D eigenvalue weighted by Gasteiger charge is -2.10. The zero-order valence-corrected chi connectivity index (χ0v) is 13.7. The lowest BCUT2D eigenvalue weighted by atomic mass is 9.99. The van der Waals surface area contributed by atoms with Crippen LogP contribution >= 0.6 is 0 Å². The van der Waals surface area contributed by atoms with Crippen LogP contribution in [0.3, 0.4) is 0 Å². The van der Waals surface area contributed by atoms with Gasteiger partial charge in [0.25, 0.3) is 5.91 Å². The molecule has 0 aliphatic rings. The van der Waals surface area contributed by atoms with Crippen LogP contribution in [0.1, 0.15) is 42.1 Å². The third kappa shape index (κ3) is 4.81. The van der Waals surface area contributed by atoms with Gasteiger partial charge in [-0.3, -0.25) is 4.79 Å². The first-order chi connectivity index (χ1) is 11.5. The Morgan fingerprint density at radius 3 is 2.38 bits per heavy atom. The molecule has 0 bridgehead atoms. The summed E-state index contributed by atoms with van der Waals surface area (Å²) in [5.74, 6) is -0.610. The molecule has 0 aliphatic heterocycles. The average Bonchev–Trinajstić information content (AvgIpc) is 2.60. The quantitative estimate of drug-likeness (QED) is 0.502. The predicted octanol–water partition coefficient (Wildman–Crippen LogP) is 2.63. The van der Waals surface area contributed by atoms with Crippen LogP contribution in [0.25, 0.3) is 0 Å². The number of aromatic nitrogens is 1. The number of pyridine rings is 1. The number of benzene rings is 1. The highest BCUT2D eigenvalue weighted by Crippen LogP contribution is 2.20. The minimum absolute atomic E-state index is 0.216. The molecule has 2 rings (SSSR count). The van der Waals surface area contributed by atoms with Gasteiger partial charge in [-0.15, -0.1) is 0 Å². The Hall–Kier alpha value is -2.89. The van der Waals surface area contributed by atoms with Crippen molar-refractivity contribution in [2.45, 2.75) is 26.2 Å². The zero-order valence-electron chi connectivity index (χ0n) is 13.7. The van der Waals surface area contributed by atoms with E-state index < -0.39 is 18.5 Å². The van der Waals surface area contributed by atoms with E-state index in [0.717, 1.165) is 6.42 Å². The van der Waals surface area contributed by atoms with Crippen LogP contribution in [-0.4, -0.2) is 18.5 Å². The van der Waals surface area contributed by atoms with Gasteiger partial charge in [0.2, 0.25) is 0 Å². The first-order valence-corrected chi connectivity index (χ1v) is 7.75. The van der Waals surface area contributed by atoms with Gasteiger partial charge >= 0.3 is 5.97 Å². The highest BCUT2D eigenvalue weighted by atomic mass is 16.5. The van der Waals surface area contributed by atoms with Gasteiger partial charge in [-0.1, -0.05) is 26.0 Å². The van der Waals surface area contributed by atoms with Crippen molar-refractivity contribution < 1.29 is 19.1 Å². The maximum Gasteiger partial charge on any atom is 0.339 e. The Morgan fingerprint density at radius 1 is 1.17 bits per heavy atom. The van der Waals surface area contributed by atoms with Gasteiger partial charge in [0, 0.05) is 17.8 Å². The van der Waals surface area contributed by atoms with Crippen LogP contribution in [0.15, 0.2) is 48.8 Å². The van der Waals surface area contributed by atoms with E-state index in [1.807, 2.05) is 24.3 Å². The number of amides is 1. The molecule has 1 atom stereocenters. The SMILES string of the molecule is CCC(C)c1ccc(NC(=O)COC(=O)c2cc[n+]([O-])cc2)cc1. The molecule has 1 heterocycles. The molecule has 24 heavy (non-hydrogen) atoms. The topological polar surface area (TPSA) is 82.3 Å². The van der Waals surface area contributed by atoms with Crippen LogP contribution in [-0.2, 0) is 9.53 Å². The van der Waals surface area contributed by atoms with E-state index >= 15 is 0 Å². The van der Waals surface area contributed by atoms with Gasteiger partial charge in [0.05, 0.1) is 5.56 Å². The molecule has 0 fully saturated rings. The summed E-state index contributed by atoms with van der Waals surface area (Å²) >= 11 is 0. The molecular weight excluding hydrogens is 308 g/mol. The second kappa shape index (κ2) is 8.10. The molecule has 1 aromatic carbocycles. The lowest BCUT2D eigenvalue weighted by molar-refractivity contribution is -0.605. The van der Waals surface area contributed by atoms with E-state index in [2.05, 4.69) is 19.2 Å². The highest BCUT2D eigenvalue weighted by molar-refractivity contribution is 5.95. The fourth-order valence-electron chi connectivity index (χ4n) is 2.09. The van der Waals surface area contributed by atoms with Gasteiger partial charge in [-0.25, -0.2) is 4.79 Å². The molecular formula is C18H20N2O4. The molecule has 1 amide bonds. The summed E-state index contributed by atoms with van der Waals surface area (Å²) in [5, 5.41) is 13.6. The summed E-state index contributed by atoms with van der Waals surface area (Å²) in [7, 11) is 0. The number of nitrogens with one attached hydrogen (secondary N) is 1. The summed E-state index contributed by atoms with van der Waals surface area (Å²) in [6, 6.07) is 10.3. The molecule has 1 N–H and O–H groups in total. The van der Waals surface area contributed by atoms with Crippen LogP contribution in [0.5, 0.6) is 0 Å². The fraction of sp³-hybridized carbons (Fsp3) is 0.278. The molecule has 0 aliphatic carbocycles. The minimum Gasteiger partial charge on any atom is -0.619 e. The number of esters is 1. The molecule has 1 unspecified atom stereocenters. The Kier molecular flexibility index (Phi) is 5.89. The van der Waals surface area contributed by atoms with Gasteiger partial charge in [-0.2, -0.15) is 4.73 Å². The number of ether oxygens (including phenoxy) is 1. The van der Waals surface area contributed by atoms with Crippen LogP contribution in [0.2, 0.25) is 0 Å². The predicted molar refractivity (Wildman–Crippen MR) is 89.5 cm³/mol. The lowest BCUT2D eigenvalue weighted by Crippen LogP contribution is -2.25. The van der Waals surface area contributed by atoms with Gasteiger partial charge < -0.3 is 15.3 Å². The van der Waals surface area contributed by atoms with E-state index in [4.69, 9.17) is 4.74 Å². The third-order valence-electron chi connectivity index (χ3n) is 3.75. The number of carbonyl (C=O) groups excluding carboxylic acids is 2. The van der Waals surface area contributed by atoms with E-state index in [1.54, 1.807) is 0 Å². The number of nitrogens with zero attached hydrogens (tertiary/aromatic N) is 1. The summed E-state index contributed by atoms with van der Waals surface area (Å²) in [6.45, 7) is 3.88. The maximum atomic E-state index is 11.8. The number of anilines is 1. The average molecular weight is 328 g/mol. The van der Waals surface area contributed by atoms with Crippen molar-refractivity contribution in [1.82, 2.24) is 0 Å². The van der Waals surface area contributed by atoms with Crippen LogP contribution < -0.4 is 10.0 Å². The van der Waals surface area contributed by atoms with Crippen LogP contribution in [0, 0.1) is 5.21 Å². The van der Waals surface area contributed by atoms with Crippen molar-refractivity contribution >= 4 is 17.6 Å². The Bertz CT molecular complexity index is 696. The number of hydrogen-bond donors (Lipinski definition) is 1. The molecule has 2 aromatic rings. The molecule has 6 heteroatoms. The van der Waals surface area contributed by atoms with E-state index in [9.17, 15) is 14.8 Å². The first-order valence-electron chi connectivity index (χ1n) is 7.75. The monoisotopic (exact) mass is 328 g/mol. The maximum absolute atomic E-state index is 11.8. The standard InChI is InChI=1S/C18H20N2O4/c1-3-13(2)14-4-6-16(7-5-14)19-17(21)12-24-18(22)15-8-10-20(23)11-9-15/h4-11,13H,3,12H2,1-2H3,(H,19,21). The normalized spacial score (nSPS) is 11.6. The Balaban J connectivity index is 1.84. The molecule has 0 radical (unpaired) electrons. The Labute approximate surface area is 140 Å². The second-order valence-electron chi connectivity index (χ2n) is 5.50. The van der Waals surface area contributed by atoms with E-state index in [-0.39, 0.29) is 5.56 Å². The molecule has 0 saturated carbocycles. The molecule has 6 nitrogen and oxygen atoms in total. The van der Waals surface area contributed by atoms with Crippen molar-refractivity contribution in [2.24, 2.45) is 0 Å². The number of carbonyl (C=O) groups is 2. The van der Waals surface area contributed by atoms with Gasteiger partial charge in [0.15, 0.2) is 19.0 Å². The molecule has 126 valence electrons. The smallest absolute Gasteiger partial charge is 0.339 e. The summed E-state index contributed by atoms with van der Waals surface area (Å²) in [6.07, 6.45) is 3.43. The summed E-state index contributed by atoms with van der Waals surface area (Å²) < 4.78 is 5.48. The number of hydrogen-bond acceptors (Lipinski definition) is 4. The Morgan fingerprint density at radius 2 is 1.79 bits per heavy atom. The molecule has 1 aromatic heterocycles. The largest absolute Gasteiger partial charge is 0.619 e. The highest BCUT2D eigenvalue weighted by Gasteiger charge is 2.11. The van der Waals surface area contributed by atoms with Crippen molar-refractivity contribution in [2.75, 3.05) is 11.9 Å². The van der Waals surface area contributed by atoms with Crippen LogP contribution in [0.4, 0.5) is 5.69 Å². The molecule has 0 saturated heterocycles. The first kappa shape index (κ1) is 17.5. The van der Waals surface area contributed by atoms with Crippen molar-refractivity contribution in [1.29, 1.82) is 0 Å². The third-order valence-corrected chi connectivity index (χ3v) is 3.75. The zero-order chi connectivity index (χ0) is 17.5. The minimum atomic E-state index is -0.655. The summed E-state index contributed by atoms with van der Waals surface area (Å²) in [4.78, 5) is 23.6. The fourth-order valence-corrected chi connectivity index (χ4v) is 2.09. The molecule has 0 spiro atoms. The van der Waals surface area contributed by atoms with Crippen molar-refractivity contribution in [3.8, 4) is 0 Å². The van der Waals surface area contributed by atoms with Gasteiger partial charge in [-0.05, 0) is 30.0 Å². The van der Waals surface area contributed by atoms with Crippen molar-refractivity contribution in [3.05, 3.63) is 65.1 Å². The summed E-state index contributed by atoms with van der Waals surface area (Å²) in [5.41, 5.74) is 2.07. The second-order valence-corrected chi connectivity index (χ2v) is 5.50. The van der Waals surface area contributed by atoms with E-state index in [1.165, 1.54) is 30.1 Å². The van der Waals surface area contributed by atoms with Gasteiger partial charge in [0.1, 0.15) is 0 Å². The number of rotatable bonds is 6. The van der Waals surface area contributed by atoms with Crippen molar-refractivity contribution in [3.63, 3.8) is 0 Å².